The summed E-state index contributed by atoms with van der Waals surface area (Å²) in [6.45, 7) is 3.51. The van der Waals surface area contributed by atoms with Crippen molar-refractivity contribution in [3.63, 3.8) is 0 Å². The third kappa shape index (κ3) is 4.71. The van der Waals surface area contributed by atoms with Gasteiger partial charge in [0.15, 0.2) is 0 Å². The Morgan fingerprint density at radius 3 is 2.42 bits per heavy atom. The number of pyridine rings is 1. The minimum Gasteiger partial charge on any atom is -0.463 e. The first kappa shape index (κ1) is 21.9. The summed E-state index contributed by atoms with van der Waals surface area (Å²) in [5.74, 6) is -0.943. The number of benzene rings is 1. The molecule has 162 valence electrons. The zero-order chi connectivity index (χ0) is 22.7. The molecular formula is C22H24N4O5. The number of ether oxygens (including phenoxy) is 1. The molecule has 0 aliphatic carbocycles. The van der Waals surface area contributed by atoms with Crippen LogP contribution in [0.5, 0.6) is 0 Å². The number of hydrogen-bond acceptors (Lipinski definition) is 6. The van der Waals surface area contributed by atoms with Gasteiger partial charge in [0.05, 0.1) is 29.5 Å². The summed E-state index contributed by atoms with van der Waals surface area (Å²) >= 11 is 0. The molecule has 1 N–H and O–H groups in total. The van der Waals surface area contributed by atoms with Crippen LogP contribution in [0, 0.1) is 0 Å². The monoisotopic (exact) mass is 424 g/mol. The molecule has 0 radical (unpaired) electrons. The fraction of sp³-hybridized carbons (Fsp3) is 0.318. The molecule has 9 heteroatoms. The third-order valence-corrected chi connectivity index (χ3v) is 4.80. The van der Waals surface area contributed by atoms with Crippen molar-refractivity contribution < 1.29 is 14.3 Å². The van der Waals surface area contributed by atoms with E-state index in [9.17, 15) is 19.2 Å². The molecule has 3 rings (SSSR count). The van der Waals surface area contributed by atoms with Crippen LogP contribution >= 0.6 is 0 Å². The van der Waals surface area contributed by atoms with Crippen molar-refractivity contribution in [3.8, 4) is 0 Å². The zero-order valence-corrected chi connectivity index (χ0v) is 17.8. The van der Waals surface area contributed by atoms with Gasteiger partial charge in [-0.1, -0.05) is 30.3 Å². The number of amides is 1. The van der Waals surface area contributed by atoms with Crippen LogP contribution in [-0.2, 0) is 23.6 Å². The van der Waals surface area contributed by atoms with Crippen molar-refractivity contribution in [1.82, 2.24) is 19.4 Å². The van der Waals surface area contributed by atoms with Crippen molar-refractivity contribution in [1.29, 1.82) is 0 Å². The number of carbonyl (C=O) groups excluding carboxylic acids is 2. The summed E-state index contributed by atoms with van der Waals surface area (Å²) in [5, 5.41) is 2.97. The van der Waals surface area contributed by atoms with Crippen molar-refractivity contribution in [3.05, 3.63) is 74.6 Å². The number of aryl methyl sites for hydroxylation is 1. The highest BCUT2D eigenvalue weighted by Crippen LogP contribution is 2.19. The Balaban J connectivity index is 1.94. The van der Waals surface area contributed by atoms with E-state index in [4.69, 9.17) is 4.74 Å². The average molecular weight is 424 g/mol. The number of nitrogens with zero attached hydrogens (tertiary/aromatic N) is 3. The fourth-order valence-electron chi connectivity index (χ4n) is 3.25. The van der Waals surface area contributed by atoms with Gasteiger partial charge in [0.1, 0.15) is 5.65 Å². The second kappa shape index (κ2) is 8.95. The molecule has 0 saturated heterocycles. The first-order chi connectivity index (χ1) is 14.7. The fourth-order valence-corrected chi connectivity index (χ4v) is 3.25. The molecule has 0 aliphatic rings. The molecule has 31 heavy (non-hydrogen) atoms. The minimum absolute atomic E-state index is 0.0504. The van der Waals surface area contributed by atoms with Crippen LogP contribution in [0.3, 0.4) is 0 Å². The molecule has 0 aliphatic heterocycles. The van der Waals surface area contributed by atoms with Crippen LogP contribution < -0.4 is 16.6 Å². The number of carbonyl (C=O) groups is 2. The van der Waals surface area contributed by atoms with Gasteiger partial charge in [-0.15, -0.1) is 0 Å². The minimum atomic E-state index is -0.626. The van der Waals surface area contributed by atoms with Crippen LogP contribution in [0.2, 0.25) is 0 Å². The van der Waals surface area contributed by atoms with E-state index < -0.39 is 29.2 Å². The van der Waals surface area contributed by atoms with E-state index in [2.05, 4.69) is 10.3 Å². The van der Waals surface area contributed by atoms with E-state index in [1.54, 1.807) is 26.0 Å². The summed E-state index contributed by atoms with van der Waals surface area (Å²) in [4.78, 5) is 53.9. The average Bonchev–Trinajstić information content (AvgIpc) is 2.75. The second-order valence-corrected chi connectivity index (χ2v) is 7.48. The standard InChI is InChI=1S/C22H24N4O5/c1-13(2)31-18(27)11-17(14-8-6-5-7-9-14)24-20(28)15-10-16-19(23-12-15)25(3)22(30)26(4)21(16)29/h5-10,12-13,17H,11H2,1-4H3,(H,24,28). The lowest BCUT2D eigenvalue weighted by Crippen LogP contribution is -2.37. The van der Waals surface area contributed by atoms with Gasteiger partial charge in [-0.05, 0) is 25.5 Å². The maximum absolute atomic E-state index is 12.9. The topological polar surface area (TPSA) is 112 Å². The van der Waals surface area contributed by atoms with Crippen molar-refractivity contribution >= 4 is 22.9 Å². The third-order valence-electron chi connectivity index (χ3n) is 4.80. The van der Waals surface area contributed by atoms with E-state index >= 15 is 0 Å². The Bertz CT molecular complexity index is 1240. The summed E-state index contributed by atoms with van der Waals surface area (Å²) < 4.78 is 7.42. The Labute approximate surface area is 178 Å². The van der Waals surface area contributed by atoms with Crippen molar-refractivity contribution in [2.75, 3.05) is 0 Å². The molecule has 0 spiro atoms. The van der Waals surface area contributed by atoms with Crippen molar-refractivity contribution in [2.45, 2.75) is 32.4 Å². The molecule has 0 bridgehead atoms. The molecule has 0 fully saturated rings. The van der Waals surface area contributed by atoms with Gasteiger partial charge in [0.2, 0.25) is 0 Å². The number of hydrogen-bond donors (Lipinski definition) is 1. The lowest BCUT2D eigenvalue weighted by molar-refractivity contribution is -0.147. The van der Waals surface area contributed by atoms with E-state index in [0.717, 1.165) is 10.1 Å². The maximum Gasteiger partial charge on any atom is 0.332 e. The Hall–Kier alpha value is -3.75. The molecule has 1 aromatic carbocycles. The smallest absolute Gasteiger partial charge is 0.332 e. The summed E-state index contributed by atoms with van der Waals surface area (Å²) in [6, 6.07) is 9.83. The van der Waals surface area contributed by atoms with E-state index in [0.29, 0.717) is 0 Å². The molecule has 1 atom stereocenters. The highest BCUT2D eigenvalue weighted by molar-refractivity contribution is 5.97. The summed E-state index contributed by atoms with van der Waals surface area (Å²) in [6.07, 6.45) is 0.975. The van der Waals surface area contributed by atoms with Crippen LogP contribution in [0.4, 0.5) is 0 Å². The lowest BCUT2D eigenvalue weighted by Gasteiger charge is -2.19. The number of fused-ring (bicyclic) bond motifs is 1. The number of esters is 1. The SMILES string of the molecule is CC(C)OC(=O)CC(NC(=O)c1cnc2c(c1)c(=O)n(C)c(=O)n2C)c1ccccc1. The van der Waals surface area contributed by atoms with Crippen LogP contribution in [0.1, 0.15) is 42.2 Å². The van der Waals surface area contributed by atoms with Crippen LogP contribution in [0.15, 0.2) is 52.2 Å². The number of aromatic nitrogens is 3. The van der Waals surface area contributed by atoms with Crippen LogP contribution in [0.25, 0.3) is 11.0 Å². The van der Waals surface area contributed by atoms with Gasteiger partial charge in [-0.25, -0.2) is 9.78 Å². The molecule has 2 aromatic heterocycles. The van der Waals surface area contributed by atoms with Crippen molar-refractivity contribution in [2.24, 2.45) is 14.1 Å². The van der Waals surface area contributed by atoms with E-state index in [1.165, 1.54) is 30.9 Å². The predicted octanol–water partition coefficient (Wildman–Crippen LogP) is 1.44. The predicted molar refractivity (Wildman–Crippen MR) is 115 cm³/mol. The summed E-state index contributed by atoms with van der Waals surface area (Å²) in [5.41, 5.74) is 0.0187. The molecular weight excluding hydrogens is 400 g/mol. The highest BCUT2D eigenvalue weighted by Gasteiger charge is 2.22. The summed E-state index contributed by atoms with van der Waals surface area (Å²) in [7, 11) is 2.87. The molecule has 2 heterocycles. The Morgan fingerprint density at radius 1 is 1.10 bits per heavy atom. The lowest BCUT2D eigenvalue weighted by atomic mass is 10.0. The highest BCUT2D eigenvalue weighted by atomic mass is 16.5. The van der Waals surface area contributed by atoms with Gasteiger partial charge in [0.25, 0.3) is 11.5 Å². The van der Waals surface area contributed by atoms with Gasteiger partial charge < -0.3 is 10.1 Å². The van der Waals surface area contributed by atoms with Gasteiger partial charge in [-0.3, -0.25) is 23.5 Å². The van der Waals surface area contributed by atoms with Gasteiger partial charge >= 0.3 is 11.7 Å². The Kier molecular flexibility index (Phi) is 6.33. The van der Waals surface area contributed by atoms with E-state index in [1.807, 2.05) is 18.2 Å². The first-order valence-electron chi connectivity index (χ1n) is 9.80. The van der Waals surface area contributed by atoms with Gasteiger partial charge in [-0.2, -0.15) is 0 Å². The molecule has 0 saturated carbocycles. The molecule has 9 nitrogen and oxygen atoms in total. The first-order valence-corrected chi connectivity index (χ1v) is 9.80. The van der Waals surface area contributed by atoms with Gasteiger partial charge in [0, 0.05) is 20.3 Å². The zero-order valence-electron chi connectivity index (χ0n) is 17.8. The molecule has 3 aromatic rings. The molecule has 1 amide bonds. The van der Waals surface area contributed by atoms with Crippen LogP contribution in [-0.4, -0.2) is 32.1 Å². The normalized spacial score (nSPS) is 12.0. The number of nitrogens with one attached hydrogen (secondary N) is 1. The second-order valence-electron chi connectivity index (χ2n) is 7.48. The van der Waals surface area contributed by atoms with E-state index in [-0.39, 0.29) is 29.1 Å². The number of rotatable bonds is 6. The largest absolute Gasteiger partial charge is 0.463 e. The molecule has 1 unspecified atom stereocenters. The quantitative estimate of drug-likeness (QED) is 0.600. The maximum atomic E-state index is 12.9. The Morgan fingerprint density at radius 2 is 1.77 bits per heavy atom.